The highest BCUT2D eigenvalue weighted by molar-refractivity contribution is 7.90. The van der Waals surface area contributed by atoms with Crippen LogP contribution in [0, 0.1) is 23.7 Å². The molecular formula is C34H45ClN2O5S. The number of hydrogen-bond acceptors (Lipinski definition) is 6. The average molecular weight is 629 g/mol. The molecule has 7 atom stereocenters. The molecule has 43 heavy (non-hydrogen) atoms. The highest BCUT2D eigenvalue weighted by Crippen LogP contribution is 2.48. The Kier molecular flexibility index (Phi) is 8.50. The number of rotatable bonds is 1. The molecule has 2 bridgehead atoms. The molecule has 1 spiro atoms. The Labute approximate surface area is 261 Å². The van der Waals surface area contributed by atoms with Crippen LogP contribution in [-0.4, -0.2) is 50.5 Å². The lowest BCUT2D eigenvalue weighted by atomic mass is 9.64. The molecule has 4 aliphatic rings. The van der Waals surface area contributed by atoms with E-state index in [1.165, 1.54) is 11.1 Å². The summed E-state index contributed by atoms with van der Waals surface area (Å²) in [7, 11) is -3.88. The maximum atomic E-state index is 13.4. The Hall–Kier alpha value is -2.29. The average Bonchev–Trinajstić information content (AvgIpc) is 3.10. The van der Waals surface area contributed by atoms with Crippen LogP contribution in [0.15, 0.2) is 36.4 Å². The van der Waals surface area contributed by atoms with Gasteiger partial charge in [-0.1, -0.05) is 31.0 Å². The number of nitrogens with one attached hydrogen (secondary N) is 1. The number of aliphatic hydroxyl groups excluding tert-OH is 1. The molecule has 1 saturated carbocycles. The quantitative estimate of drug-likeness (QED) is 0.396. The number of carbonyl (C=O) groups is 1. The number of aliphatic hydroxyl groups is 1. The maximum absolute atomic E-state index is 13.4. The van der Waals surface area contributed by atoms with Crippen molar-refractivity contribution in [2.75, 3.05) is 24.6 Å². The topological polar surface area (TPSA) is 95.9 Å². The van der Waals surface area contributed by atoms with Crippen molar-refractivity contribution in [3.63, 3.8) is 0 Å². The summed E-state index contributed by atoms with van der Waals surface area (Å²) in [5, 5.41) is 10.9. The van der Waals surface area contributed by atoms with E-state index in [1.54, 1.807) is 13.0 Å². The molecule has 9 heteroatoms. The van der Waals surface area contributed by atoms with Crippen LogP contribution < -0.4 is 14.4 Å². The van der Waals surface area contributed by atoms with Crippen molar-refractivity contribution < 1.29 is 23.1 Å². The van der Waals surface area contributed by atoms with Gasteiger partial charge in [0.2, 0.25) is 10.0 Å². The van der Waals surface area contributed by atoms with Gasteiger partial charge in [0.1, 0.15) is 5.75 Å². The van der Waals surface area contributed by atoms with Gasteiger partial charge >= 0.3 is 0 Å². The third-order valence-electron chi connectivity index (χ3n) is 11.1. The van der Waals surface area contributed by atoms with Crippen LogP contribution in [-0.2, 0) is 21.9 Å². The summed E-state index contributed by atoms with van der Waals surface area (Å²) in [4.78, 5) is 15.8. The Morgan fingerprint density at radius 3 is 2.65 bits per heavy atom. The number of fused-ring (bicyclic) bond motifs is 4. The number of carbonyl (C=O) groups excluding carboxylic acids is 1. The second-order valence-corrected chi connectivity index (χ2v) is 16.3. The molecule has 2 aromatic carbocycles. The van der Waals surface area contributed by atoms with E-state index in [-0.39, 0.29) is 17.3 Å². The summed E-state index contributed by atoms with van der Waals surface area (Å²) in [5.41, 5.74) is 3.45. The first kappa shape index (κ1) is 30.7. The van der Waals surface area contributed by atoms with E-state index in [0.717, 1.165) is 75.2 Å². The molecule has 2 aromatic rings. The molecule has 6 rings (SSSR count). The Morgan fingerprint density at radius 1 is 1.09 bits per heavy atom. The van der Waals surface area contributed by atoms with Crippen LogP contribution in [0.4, 0.5) is 5.69 Å². The van der Waals surface area contributed by atoms with Gasteiger partial charge in [0.15, 0.2) is 0 Å². The second-order valence-electron chi connectivity index (χ2n) is 13.8. The minimum absolute atomic E-state index is 0.120. The molecule has 0 aromatic heterocycles. The minimum atomic E-state index is -3.88. The summed E-state index contributed by atoms with van der Waals surface area (Å²) < 4.78 is 35.5. The lowest BCUT2D eigenvalue weighted by molar-refractivity contribution is 0.0112. The van der Waals surface area contributed by atoms with E-state index >= 15 is 0 Å². The predicted octanol–water partition coefficient (Wildman–Crippen LogP) is 6.10. The fourth-order valence-corrected chi connectivity index (χ4v) is 9.74. The summed E-state index contributed by atoms with van der Waals surface area (Å²) >= 11 is 6.41. The summed E-state index contributed by atoms with van der Waals surface area (Å²) in [6.07, 6.45) is 7.22. The van der Waals surface area contributed by atoms with Crippen LogP contribution in [0.1, 0.15) is 87.2 Å². The Bertz CT molecular complexity index is 1480. The molecule has 7 nitrogen and oxygen atoms in total. The van der Waals surface area contributed by atoms with Crippen LogP contribution in [0.25, 0.3) is 0 Å². The van der Waals surface area contributed by atoms with Gasteiger partial charge in [-0.05, 0) is 124 Å². The van der Waals surface area contributed by atoms with Gasteiger partial charge in [0.05, 0.1) is 23.6 Å². The summed E-state index contributed by atoms with van der Waals surface area (Å²) in [6, 6.07) is 11.5. The van der Waals surface area contributed by atoms with Gasteiger partial charge in [0, 0.05) is 29.1 Å². The van der Waals surface area contributed by atoms with Crippen molar-refractivity contribution in [3.8, 4) is 5.75 Å². The van der Waals surface area contributed by atoms with Crippen molar-refractivity contribution in [1.82, 2.24) is 4.72 Å². The highest BCUT2D eigenvalue weighted by Gasteiger charge is 2.45. The Balaban J connectivity index is 1.42. The zero-order valence-electron chi connectivity index (χ0n) is 25.5. The van der Waals surface area contributed by atoms with E-state index in [9.17, 15) is 18.3 Å². The predicted molar refractivity (Wildman–Crippen MR) is 170 cm³/mol. The molecule has 2 aliphatic carbocycles. The molecule has 4 unspecified atom stereocenters. The van der Waals surface area contributed by atoms with Crippen molar-refractivity contribution in [2.24, 2.45) is 23.7 Å². The number of ether oxygens (including phenoxy) is 1. The molecule has 234 valence electrons. The summed E-state index contributed by atoms with van der Waals surface area (Å²) in [5.74, 6) is 0.968. The first-order valence-corrected chi connectivity index (χ1v) is 17.9. The summed E-state index contributed by atoms with van der Waals surface area (Å²) in [6.45, 7) is 7.57. The molecule has 0 saturated heterocycles. The zero-order chi connectivity index (χ0) is 30.5. The zero-order valence-corrected chi connectivity index (χ0v) is 27.1. The first-order chi connectivity index (χ1) is 20.5. The first-order valence-electron chi connectivity index (χ1n) is 16.0. The van der Waals surface area contributed by atoms with Gasteiger partial charge in [-0.25, -0.2) is 13.1 Å². The fourth-order valence-electron chi connectivity index (χ4n) is 8.23. The minimum Gasteiger partial charge on any atom is -0.490 e. The van der Waals surface area contributed by atoms with Crippen molar-refractivity contribution in [3.05, 3.63) is 58.1 Å². The van der Waals surface area contributed by atoms with Crippen molar-refractivity contribution >= 4 is 33.2 Å². The van der Waals surface area contributed by atoms with E-state index in [4.69, 9.17) is 16.3 Å². The second kappa shape index (κ2) is 11.9. The smallest absolute Gasteiger partial charge is 0.264 e. The van der Waals surface area contributed by atoms with Gasteiger partial charge < -0.3 is 14.7 Å². The number of anilines is 1. The number of sulfonamides is 1. The maximum Gasteiger partial charge on any atom is 0.264 e. The third-order valence-corrected chi connectivity index (χ3v) is 13.3. The third kappa shape index (κ3) is 5.91. The number of nitrogens with zero attached hydrogens (tertiary/aromatic N) is 1. The van der Waals surface area contributed by atoms with E-state index in [0.29, 0.717) is 29.8 Å². The van der Waals surface area contributed by atoms with Crippen LogP contribution in [0.3, 0.4) is 0 Å². The van der Waals surface area contributed by atoms with Gasteiger partial charge in [-0.2, -0.15) is 0 Å². The van der Waals surface area contributed by atoms with E-state index in [2.05, 4.69) is 21.8 Å². The number of aryl methyl sites for hydroxylation is 1. The molecule has 1 fully saturated rings. The standard InChI is InChI=1S/C34H45ClN2O5S/c1-21-6-4-8-28(22(2)38)29-12-9-26(29)18-37-19-34(15-5-7-24-16-27(35)11-13-30(24)34)20-42-32-14-10-25(17-31(32)37)33(39)36-43(40,41)23(21)3/h10-11,13-14,16-17,21-23,26,28-29,38H,4-9,12,15,18-20H2,1-3H3,(H,36,39)/t21?,22-,23?,26?,28+,29?,34-/m0/s1. The number of amides is 1. The van der Waals surface area contributed by atoms with Crippen LogP contribution >= 0.6 is 11.6 Å². The molecule has 2 N–H and O–H groups in total. The lowest BCUT2D eigenvalue weighted by Crippen LogP contribution is -2.49. The monoisotopic (exact) mass is 628 g/mol. The normalized spacial score (nSPS) is 33.2. The number of benzene rings is 2. The number of halogens is 1. The largest absolute Gasteiger partial charge is 0.490 e. The van der Waals surface area contributed by atoms with E-state index < -0.39 is 27.3 Å². The van der Waals surface area contributed by atoms with Gasteiger partial charge in [-0.15, -0.1) is 0 Å². The Morgan fingerprint density at radius 2 is 1.91 bits per heavy atom. The van der Waals surface area contributed by atoms with Gasteiger partial charge in [-0.3, -0.25) is 4.79 Å². The lowest BCUT2D eigenvalue weighted by Gasteiger charge is -2.47. The number of hydrogen-bond donors (Lipinski definition) is 2. The molecule has 0 radical (unpaired) electrons. The molecule has 2 heterocycles. The SMILES string of the molecule is CC1CCC[C@H]([C@H](C)O)C2CCC2CN2C[C@@]3(CCCc4cc(Cl)ccc43)COc3ccc(cc32)C(=O)NS(=O)(=O)C1C. The molecular weight excluding hydrogens is 584 g/mol. The van der Waals surface area contributed by atoms with Crippen molar-refractivity contribution in [1.29, 1.82) is 0 Å². The van der Waals surface area contributed by atoms with E-state index in [1.807, 2.05) is 32.0 Å². The van der Waals surface area contributed by atoms with Crippen LogP contribution in [0.5, 0.6) is 5.75 Å². The van der Waals surface area contributed by atoms with Crippen molar-refractivity contribution in [2.45, 2.75) is 88.9 Å². The molecule has 1 amide bonds. The van der Waals surface area contributed by atoms with Crippen LogP contribution in [0.2, 0.25) is 5.02 Å². The molecule has 2 aliphatic heterocycles. The fraction of sp³-hybridized carbons (Fsp3) is 0.618. The van der Waals surface area contributed by atoms with Gasteiger partial charge in [0.25, 0.3) is 5.91 Å². The highest BCUT2D eigenvalue weighted by atomic mass is 35.5.